The molecule has 2 aliphatic rings. The molecule has 1 aliphatic heterocycles. The molecule has 1 aromatic carbocycles. The minimum Gasteiger partial charge on any atom is -0.478 e. The van der Waals surface area contributed by atoms with Gasteiger partial charge in [-0.05, 0) is 50.8 Å². The zero-order valence-electron chi connectivity index (χ0n) is 18.1. The Kier molecular flexibility index (Phi) is 6.97. The Morgan fingerprint density at radius 2 is 1.81 bits per heavy atom. The van der Waals surface area contributed by atoms with Gasteiger partial charge in [-0.25, -0.2) is 9.78 Å². The molecule has 1 aromatic heterocycles. The number of hydrogen-bond acceptors (Lipinski definition) is 8. The number of nitrogens with two attached hydrogens (primary N) is 1. The van der Waals surface area contributed by atoms with Gasteiger partial charge in [0.2, 0.25) is 5.95 Å². The molecule has 0 spiro atoms. The number of ether oxygens (including phenoxy) is 2. The van der Waals surface area contributed by atoms with E-state index in [9.17, 15) is 13.6 Å². The monoisotopic (exact) mass is 451 g/mol. The Morgan fingerprint density at radius 3 is 2.44 bits per heavy atom. The van der Waals surface area contributed by atoms with Crippen molar-refractivity contribution in [2.24, 2.45) is 5.73 Å². The molecule has 9 nitrogen and oxygen atoms in total. The number of aromatic nitrogens is 2. The molecule has 0 unspecified atom stereocenters. The lowest BCUT2D eigenvalue weighted by Crippen LogP contribution is -2.33. The fourth-order valence-corrected chi connectivity index (χ4v) is 3.38. The summed E-state index contributed by atoms with van der Waals surface area (Å²) in [5.74, 6) is 0.0261. The molecule has 1 fully saturated rings. The highest BCUT2D eigenvalue weighted by atomic mass is 19.3. The van der Waals surface area contributed by atoms with Gasteiger partial charge in [-0.3, -0.25) is 0 Å². The Bertz CT molecular complexity index is 965. The normalized spacial score (nSPS) is 20.7. The first-order valence-corrected chi connectivity index (χ1v) is 10.2. The average molecular weight is 451 g/mol. The van der Waals surface area contributed by atoms with Crippen LogP contribution in [0.2, 0.25) is 0 Å². The molecule has 2 heterocycles. The van der Waals surface area contributed by atoms with Gasteiger partial charge in [0.15, 0.2) is 11.5 Å². The van der Waals surface area contributed by atoms with Gasteiger partial charge < -0.3 is 30.5 Å². The molecule has 0 radical (unpaired) electrons. The van der Waals surface area contributed by atoms with Gasteiger partial charge >= 0.3 is 12.3 Å². The summed E-state index contributed by atoms with van der Waals surface area (Å²) in [5, 5.41) is 12.1. The number of carboxylic acid groups (broad SMARTS) is 1. The Balaban J connectivity index is 0.000000186. The molecule has 1 aliphatic carbocycles. The minimum atomic E-state index is -3.71. The summed E-state index contributed by atoms with van der Waals surface area (Å²) in [4.78, 5) is 21.3. The number of aryl methyl sites for hydroxylation is 1. The molecular formula is C21H27F2N5O4. The van der Waals surface area contributed by atoms with E-state index in [1.807, 2.05) is 32.0 Å². The summed E-state index contributed by atoms with van der Waals surface area (Å²) >= 11 is 0. The van der Waals surface area contributed by atoms with Crippen molar-refractivity contribution in [3.63, 3.8) is 0 Å². The first-order valence-electron chi connectivity index (χ1n) is 10.2. The van der Waals surface area contributed by atoms with Crippen LogP contribution in [-0.4, -0.2) is 53.5 Å². The van der Waals surface area contributed by atoms with Crippen LogP contribution in [0, 0.1) is 6.92 Å². The number of nitrogens with zero attached hydrogens (tertiary/aromatic N) is 3. The number of halogens is 2. The maximum atomic E-state index is 12.5. The van der Waals surface area contributed by atoms with E-state index in [0.717, 1.165) is 61.3 Å². The lowest BCUT2D eigenvalue weighted by Gasteiger charge is -2.27. The van der Waals surface area contributed by atoms with Crippen LogP contribution in [0.3, 0.4) is 0 Å². The van der Waals surface area contributed by atoms with Crippen LogP contribution >= 0.6 is 0 Å². The summed E-state index contributed by atoms with van der Waals surface area (Å²) in [5.41, 5.74) is 6.77. The topological polar surface area (TPSA) is 123 Å². The van der Waals surface area contributed by atoms with Crippen molar-refractivity contribution in [2.45, 2.75) is 51.0 Å². The van der Waals surface area contributed by atoms with Crippen LogP contribution in [0.4, 0.5) is 20.5 Å². The third-order valence-electron chi connectivity index (χ3n) is 5.01. The lowest BCUT2D eigenvalue weighted by molar-refractivity contribution is -0.286. The molecule has 2 aromatic rings. The number of hydrogen-bond donors (Lipinski definition) is 3. The second-order valence-electron chi connectivity index (χ2n) is 7.98. The number of carbonyl (C=O) groups is 1. The molecule has 0 saturated heterocycles. The summed E-state index contributed by atoms with van der Waals surface area (Å²) in [6, 6.07) is 6.15. The van der Waals surface area contributed by atoms with Crippen LogP contribution in [0.15, 0.2) is 24.3 Å². The van der Waals surface area contributed by atoms with E-state index < -0.39 is 12.3 Å². The van der Waals surface area contributed by atoms with E-state index in [2.05, 4.69) is 24.8 Å². The van der Waals surface area contributed by atoms with Gasteiger partial charge in [0.05, 0.1) is 5.56 Å². The maximum absolute atomic E-state index is 12.5. The van der Waals surface area contributed by atoms with Crippen LogP contribution in [0.25, 0.3) is 0 Å². The predicted octanol–water partition coefficient (Wildman–Crippen LogP) is 3.24. The van der Waals surface area contributed by atoms with E-state index in [0.29, 0.717) is 12.1 Å². The Hall–Kier alpha value is -3.21. The molecule has 4 N–H and O–H groups in total. The van der Waals surface area contributed by atoms with Crippen LogP contribution in [0.5, 0.6) is 11.5 Å². The quantitative estimate of drug-likeness (QED) is 0.643. The second-order valence-corrected chi connectivity index (χ2v) is 7.98. The number of carboxylic acids is 1. The molecule has 0 bridgehead atoms. The third kappa shape index (κ3) is 6.16. The first-order chi connectivity index (χ1) is 15.0. The maximum Gasteiger partial charge on any atom is 0.586 e. The molecular weight excluding hydrogens is 424 g/mol. The van der Waals surface area contributed by atoms with Gasteiger partial charge in [-0.15, -0.1) is 8.78 Å². The number of rotatable bonds is 4. The number of benzene rings is 1. The van der Waals surface area contributed by atoms with Crippen molar-refractivity contribution in [3.05, 3.63) is 35.5 Å². The van der Waals surface area contributed by atoms with E-state index in [-0.39, 0.29) is 17.1 Å². The Morgan fingerprint density at radius 1 is 1.16 bits per heavy atom. The summed E-state index contributed by atoms with van der Waals surface area (Å²) in [6.07, 6.45) is 0.743. The number of alkyl halides is 2. The highest BCUT2D eigenvalue weighted by molar-refractivity contribution is 5.88. The van der Waals surface area contributed by atoms with Crippen LogP contribution < -0.4 is 25.4 Å². The number of fused-ring (bicyclic) bond motifs is 1. The highest BCUT2D eigenvalue weighted by Gasteiger charge is 2.43. The van der Waals surface area contributed by atoms with Crippen LogP contribution in [-0.2, 0) is 0 Å². The fraction of sp³-hybridized carbons (Fsp3) is 0.476. The van der Waals surface area contributed by atoms with E-state index >= 15 is 0 Å². The van der Waals surface area contributed by atoms with Gasteiger partial charge in [-0.1, -0.05) is 0 Å². The second kappa shape index (κ2) is 9.51. The SMILES string of the molecule is Cc1cc(NC2CCC(N)CC2)nc(N(C)C)n1.O=C(O)c1ccc2c(c1)OC(F)(F)O2. The summed E-state index contributed by atoms with van der Waals surface area (Å²) in [7, 11) is 3.91. The summed E-state index contributed by atoms with van der Waals surface area (Å²) < 4.78 is 33.1. The number of nitrogens with one attached hydrogen (secondary N) is 1. The smallest absolute Gasteiger partial charge is 0.478 e. The largest absolute Gasteiger partial charge is 0.586 e. The summed E-state index contributed by atoms with van der Waals surface area (Å²) in [6.45, 7) is 2.00. The fourth-order valence-electron chi connectivity index (χ4n) is 3.38. The van der Waals surface area contributed by atoms with Crippen molar-refractivity contribution in [1.82, 2.24) is 9.97 Å². The van der Waals surface area contributed by atoms with E-state index in [1.54, 1.807) is 0 Å². The standard InChI is InChI=1S/C13H23N5.C8H4F2O4/c1-9-8-12(17-13(15-9)18(2)3)16-11-6-4-10(14)5-7-11;9-8(10)13-5-2-1-4(7(11)12)3-6(5)14-8/h8,10-11H,4-7,14H2,1-3H3,(H,15,16,17);1-3H,(H,11,12). The molecule has 0 amide bonds. The minimum absolute atomic E-state index is 0.134. The van der Waals surface area contributed by atoms with Crippen molar-refractivity contribution < 1.29 is 28.2 Å². The van der Waals surface area contributed by atoms with E-state index in [4.69, 9.17) is 10.8 Å². The third-order valence-corrected chi connectivity index (χ3v) is 5.01. The molecule has 1 saturated carbocycles. The van der Waals surface area contributed by atoms with Gasteiger partial charge in [-0.2, -0.15) is 4.98 Å². The Labute approximate surface area is 184 Å². The molecule has 174 valence electrons. The van der Waals surface area contributed by atoms with Crippen molar-refractivity contribution in [3.8, 4) is 11.5 Å². The molecule has 0 atom stereocenters. The van der Waals surface area contributed by atoms with Crippen LogP contribution in [0.1, 0.15) is 41.7 Å². The first kappa shape index (κ1) is 23.5. The number of anilines is 2. The average Bonchev–Trinajstić information content (AvgIpc) is 3.02. The molecule has 32 heavy (non-hydrogen) atoms. The van der Waals surface area contributed by atoms with E-state index in [1.165, 1.54) is 0 Å². The van der Waals surface area contributed by atoms with Gasteiger partial charge in [0.25, 0.3) is 0 Å². The highest BCUT2D eigenvalue weighted by Crippen LogP contribution is 2.41. The van der Waals surface area contributed by atoms with Gasteiger partial charge in [0, 0.05) is 37.9 Å². The van der Waals surface area contributed by atoms with Crippen molar-refractivity contribution in [1.29, 1.82) is 0 Å². The zero-order chi connectivity index (χ0) is 23.5. The van der Waals surface area contributed by atoms with Crippen molar-refractivity contribution >= 4 is 17.7 Å². The number of aromatic carboxylic acids is 1. The lowest BCUT2D eigenvalue weighted by atomic mass is 9.92. The van der Waals surface area contributed by atoms with Gasteiger partial charge in [0.1, 0.15) is 5.82 Å². The predicted molar refractivity (Wildman–Crippen MR) is 115 cm³/mol. The molecule has 11 heteroatoms. The molecule has 4 rings (SSSR count). The van der Waals surface area contributed by atoms with Crippen molar-refractivity contribution in [2.75, 3.05) is 24.3 Å². The zero-order valence-corrected chi connectivity index (χ0v) is 18.1.